The number of ketones is 1. The summed E-state index contributed by atoms with van der Waals surface area (Å²) in [5.41, 5.74) is 1.45. The van der Waals surface area contributed by atoms with Crippen molar-refractivity contribution >= 4 is 28.1 Å². The van der Waals surface area contributed by atoms with Crippen molar-refractivity contribution in [3.05, 3.63) is 112 Å². The summed E-state index contributed by atoms with van der Waals surface area (Å²) in [5.74, 6) is -0.295. The summed E-state index contributed by atoms with van der Waals surface area (Å²) >= 11 is 0. The van der Waals surface area contributed by atoms with Gasteiger partial charge < -0.3 is 15.2 Å². The Labute approximate surface area is 236 Å². The summed E-state index contributed by atoms with van der Waals surface area (Å²) < 4.78 is 23.5. The van der Waals surface area contributed by atoms with Crippen molar-refractivity contribution in [1.29, 1.82) is 0 Å². The minimum absolute atomic E-state index is 0.0133. The molecule has 0 saturated carbocycles. The molecule has 0 saturated heterocycles. The summed E-state index contributed by atoms with van der Waals surface area (Å²) in [4.78, 5) is 31.4. The molecule has 5 aromatic rings. The number of ether oxygens (including phenoxy) is 1. The molecule has 8 nitrogen and oxygen atoms in total. The molecule has 0 fully saturated rings. The second kappa shape index (κ2) is 11.0. The highest BCUT2D eigenvalue weighted by atomic mass is 19.1. The minimum atomic E-state index is -1.13. The fraction of sp³-hybridized carbons (Fsp3) is 0.219. The summed E-state index contributed by atoms with van der Waals surface area (Å²) in [5, 5.41) is 14.4. The second-order valence-electron chi connectivity index (χ2n) is 10.6. The van der Waals surface area contributed by atoms with Crippen LogP contribution in [0.5, 0.6) is 5.75 Å². The van der Waals surface area contributed by atoms with E-state index >= 15 is 4.39 Å². The smallest absolute Gasteiger partial charge is 0.282 e. The van der Waals surface area contributed by atoms with Crippen LogP contribution < -0.4 is 15.6 Å². The number of hydrogen-bond acceptors (Lipinski definition) is 6. The average molecular weight is 555 g/mol. The molecular weight excluding hydrogens is 523 g/mol. The molecule has 3 aromatic carbocycles. The van der Waals surface area contributed by atoms with E-state index in [0.717, 1.165) is 5.39 Å². The van der Waals surface area contributed by atoms with Crippen molar-refractivity contribution in [2.75, 3.05) is 12.4 Å². The van der Waals surface area contributed by atoms with Gasteiger partial charge in [0.05, 0.1) is 36.1 Å². The summed E-state index contributed by atoms with van der Waals surface area (Å²) in [6.45, 7) is 5.05. The standard InChI is InChI=1S/C32H31FN4O4/c1-20-30(31(39)37(22-8-6-5-7-9-22)36(20)19-32(2,3)40)29(38)17-21-10-13-27(25(33)16-21)35-26-14-15-34-28-18-23(41-4)11-12-24(26)28/h5-16,18,40H,17,19H2,1-4H3,(H,34,35). The van der Waals surface area contributed by atoms with E-state index in [1.165, 1.54) is 10.7 Å². The molecular formula is C32H31FN4O4. The highest BCUT2D eigenvalue weighted by Gasteiger charge is 2.27. The van der Waals surface area contributed by atoms with Gasteiger partial charge >= 0.3 is 0 Å². The predicted molar refractivity (Wildman–Crippen MR) is 157 cm³/mol. The molecule has 9 heteroatoms. The number of carbonyl (C=O) groups is 1. The van der Waals surface area contributed by atoms with Crippen molar-refractivity contribution in [1.82, 2.24) is 14.3 Å². The first kappa shape index (κ1) is 27.8. The summed E-state index contributed by atoms with van der Waals surface area (Å²) in [6.07, 6.45) is 1.47. The summed E-state index contributed by atoms with van der Waals surface area (Å²) in [7, 11) is 1.58. The van der Waals surface area contributed by atoms with Crippen LogP contribution in [0.4, 0.5) is 15.8 Å². The Balaban J connectivity index is 1.43. The number of hydrogen-bond donors (Lipinski definition) is 2. The predicted octanol–water partition coefficient (Wildman–Crippen LogP) is 5.58. The molecule has 0 aliphatic heterocycles. The number of benzene rings is 3. The molecule has 0 amide bonds. The molecule has 210 valence electrons. The number of fused-ring (bicyclic) bond motifs is 1. The van der Waals surface area contributed by atoms with Crippen molar-refractivity contribution in [3.63, 3.8) is 0 Å². The van der Waals surface area contributed by atoms with Crippen LogP contribution in [0.1, 0.15) is 35.5 Å². The first-order chi connectivity index (χ1) is 19.6. The van der Waals surface area contributed by atoms with Crippen molar-refractivity contribution in [2.45, 2.75) is 39.3 Å². The number of nitrogens with one attached hydrogen (secondary N) is 1. The second-order valence-corrected chi connectivity index (χ2v) is 10.6. The zero-order valence-corrected chi connectivity index (χ0v) is 23.3. The van der Waals surface area contributed by atoms with Crippen molar-refractivity contribution < 1.29 is 19.0 Å². The molecule has 0 radical (unpaired) electrons. The van der Waals surface area contributed by atoms with Crippen LogP contribution in [0.25, 0.3) is 16.6 Å². The van der Waals surface area contributed by atoms with E-state index in [9.17, 15) is 14.7 Å². The number of nitrogens with zero attached hydrogens (tertiary/aromatic N) is 3. The molecule has 0 atom stereocenters. The largest absolute Gasteiger partial charge is 0.497 e. The molecule has 41 heavy (non-hydrogen) atoms. The number of para-hydroxylation sites is 1. The van der Waals surface area contributed by atoms with Crippen molar-refractivity contribution in [2.24, 2.45) is 0 Å². The number of Topliss-reactive ketones (excluding diaryl/α,β-unsaturated/α-hetero) is 1. The van der Waals surface area contributed by atoms with Crippen LogP contribution in [-0.4, -0.2) is 37.9 Å². The fourth-order valence-corrected chi connectivity index (χ4v) is 4.90. The third kappa shape index (κ3) is 5.76. The van der Waals surface area contributed by atoms with E-state index in [1.54, 1.807) is 87.3 Å². The van der Waals surface area contributed by atoms with E-state index in [1.807, 2.05) is 18.2 Å². The molecule has 2 aromatic heterocycles. The van der Waals surface area contributed by atoms with E-state index in [4.69, 9.17) is 4.74 Å². The van der Waals surface area contributed by atoms with Gasteiger partial charge in [-0.15, -0.1) is 0 Å². The Kier molecular flexibility index (Phi) is 7.47. The highest BCUT2D eigenvalue weighted by molar-refractivity contribution is 5.98. The van der Waals surface area contributed by atoms with E-state index < -0.39 is 22.8 Å². The zero-order valence-electron chi connectivity index (χ0n) is 23.3. The third-order valence-electron chi connectivity index (χ3n) is 6.83. The van der Waals surface area contributed by atoms with Gasteiger partial charge in [0.2, 0.25) is 0 Å². The number of aliphatic hydroxyl groups is 1. The molecule has 0 bridgehead atoms. The average Bonchev–Trinajstić information content (AvgIpc) is 3.17. The monoisotopic (exact) mass is 554 g/mol. The van der Waals surface area contributed by atoms with E-state index in [2.05, 4.69) is 10.3 Å². The number of pyridine rings is 1. The highest BCUT2D eigenvalue weighted by Crippen LogP contribution is 2.29. The van der Waals surface area contributed by atoms with Gasteiger partial charge in [0, 0.05) is 35.5 Å². The number of anilines is 2. The Morgan fingerprint density at radius 3 is 2.49 bits per heavy atom. The molecule has 5 rings (SSSR count). The van der Waals surface area contributed by atoms with Gasteiger partial charge in [-0.25, -0.2) is 9.07 Å². The van der Waals surface area contributed by atoms with Crippen LogP contribution >= 0.6 is 0 Å². The van der Waals surface area contributed by atoms with Crippen LogP contribution in [0, 0.1) is 12.7 Å². The van der Waals surface area contributed by atoms with E-state index in [0.29, 0.717) is 33.9 Å². The summed E-state index contributed by atoms with van der Waals surface area (Å²) in [6, 6.07) is 20.7. The number of carbonyl (C=O) groups excluding carboxylic acids is 1. The van der Waals surface area contributed by atoms with Gasteiger partial charge in [0.1, 0.15) is 17.1 Å². The van der Waals surface area contributed by atoms with Crippen LogP contribution in [-0.2, 0) is 13.0 Å². The topological polar surface area (TPSA) is 98.4 Å². The maximum absolute atomic E-state index is 15.2. The zero-order chi connectivity index (χ0) is 29.3. The lowest BCUT2D eigenvalue weighted by atomic mass is 10.0. The Morgan fingerprint density at radius 1 is 1.05 bits per heavy atom. The number of aromatic nitrogens is 3. The van der Waals surface area contributed by atoms with Crippen molar-refractivity contribution in [3.8, 4) is 11.4 Å². The molecule has 0 aliphatic rings. The maximum Gasteiger partial charge on any atom is 0.282 e. The Morgan fingerprint density at radius 2 is 1.80 bits per heavy atom. The van der Waals surface area contributed by atoms with Gasteiger partial charge in [-0.2, -0.15) is 0 Å². The van der Waals surface area contributed by atoms with Gasteiger partial charge in [-0.05, 0) is 68.8 Å². The van der Waals surface area contributed by atoms with E-state index in [-0.39, 0.29) is 24.2 Å². The van der Waals surface area contributed by atoms with Gasteiger partial charge in [0.25, 0.3) is 5.56 Å². The first-order valence-corrected chi connectivity index (χ1v) is 13.2. The molecule has 0 aliphatic carbocycles. The van der Waals surface area contributed by atoms with Crippen LogP contribution in [0.3, 0.4) is 0 Å². The Hall–Kier alpha value is -4.76. The lowest BCUT2D eigenvalue weighted by Gasteiger charge is -2.22. The quantitative estimate of drug-likeness (QED) is 0.231. The third-order valence-corrected chi connectivity index (χ3v) is 6.83. The van der Waals surface area contributed by atoms with Gasteiger partial charge in [-0.3, -0.25) is 19.3 Å². The van der Waals surface area contributed by atoms with Gasteiger partial charge in [0.15, 0.2) is 5.78 Å². The van der Waals surface area contributed by atoms with Crippen LogP contribution in [0.2, 0.25) is 0 Å². The molecule has 2 heterocycles. The number of halogens is 1. The Bertz CT molecular complexity index is 1800. The SMILES string of the molecule is COc1ccc2c(Nc3ccc(CC(=O)c4c(C)n(CC(C)(C)O)n(-c5ccccc5)c4=O)cc3F)ccnc2c1. The lowest BCUT2D eigenvalue weighted by Crippen LogP contribution is -2.32. The first-order valence-electron chi connectivity index (χ1n) is 13.2. The minimum Gasteiger partial charge on any atom is -0.497 e. The van der Waals surface area contributed by atoms with Gasteiger partial charge in [-0.1, -0.05) is 24.3 Å². The molecule has 2 N–H and O–H groups in total. The van der Waals surface area contributed by atoms with Crippen LogP contribution in [0.15, 0.2) is 83.8 Å². The molecule has 0 unspecified atom stereocenters. The molecule has 0 spiro atoms. The fourth-order valence-electron chi connectivity index (χ4n) is 4.90. The number of methoxy groups -OCH3 is 1. The maximum atomic E-state index is 15.2. The normalized spacial score (nSPS) is 11.6. The lowest BCUT2D eigenvalue weighted by molar-refractivity contribution is 0.0546. The number of rotatable bonds is 9.